The lowest BCUT2D eigenvalue weighted by atomic mass is 10.1. The van der Waals surface area contributed by atoms with Gasteiger partial charge in [-0.3, -0.25) is 0 Å². The monoisotopic (exact) mass is 393 g/mol. The third kappa shape index (κ3) is 7.29. The molecule has 0 spiro atoms. The fraction of sp³-hybridized carbons (Fsp3) is 0.476. The summed E-state index contributed by atoms with van der Waals surface area (Å²) < 4.78 is 18.4. The van der Waals surface area contributed by atoms with Crippen molar-refractivity contribution in [2.24, 2.45) is 5.92 Å². The lowest BCUT2D eigenvalue weighted by Gasteiger charge is -2.31. The van der Waals surface area contributed by atoms with Crippen LogP contribution in [-0.4, -0.2) is 34.5 Å². The number of nitrogens with zero attached hydrogens (tertiary/aromatic N) is 1. The Labute approximate surface area is 165 Å². The Bertz CT molecular complexity index is 702. The van der Waals surface area contributed by atoms with Crippen LogP contribution in [0.4, 0.5) is 9.18 Å². The van der Waals surface area contributed by atoms with Crippen LogP contribution in [0.25, 0.3) is 0 Å². The van der Waals surface area contributed by atoms with E-state index in [1.807, 2.05) is 12.1 Å². The average Bonchev–Trinajstić information content (AvgIpc) is 2.60. The number of carbonyl (C=O) groups is 1. The van der Waals surface area contributed by atoms with E-state index in [4.69, 9.17) is 9.84 Å². The molecule has 4 nitrogen and oxygen atoms in total. The minimum atomic E-state index is -1.30. The summed E-state index contributed by atoms with van der Waals surface area (Å²) in [6, 6.07) is 6.66. The van der Waals surface area contributed by atoms with Crippen LogP contribution in [-0.2, 0) is 11.2 Å². The van der Waals surface area contributed by atoms with Gasteiger partial charge in [0.2, 0.25) is 0 Å². The zero-order chi connectivity index (χ0) is 19.8. The quantitative estimate of drug-likeness (QED) is 0.549. The van der Waals surface area contributed by atoms with Gasteiger partial charge in [-0.25, -0.2) is 9.18 Å². The van der Waals surface area contributed by atoms with E-state index in [-0.39, 0.29) is 11.1 Å². The summed E-state index contributed by atoms with van der Waals surface area (Å²) in [5.74, 6) is 0.737. The molecule has 0 saturated carbocycles. The summed E-state index contributed by atoms with van der Waals surface area (Å²) in [7, 11) is 0. The maximum absolute atomic E-state index is 13.3. The van der Waals surface area contributed by atoms with Crippen LogP contribution < -0.4 is 0 Å². The van der Waals surface area contributed by atoms with Gasteiger partial charge < -0.3 is 14.7 Å². The molecule has 2 rings (SSSR count). The molecule has 1 aliphatic rings. The van der Waals surface area contributed by atoms with Crippen molar-refractivity contribution in [1.29, 1.82) is 0 Å². The van der Waals surface area contributed by atoms with E-state index < -0.39 is 6.16 Å². The zero-order valence-electron chi connectivity index (χ0n) is 16.2. The Morgan fingerprint density at radius 3 is 2.78 bits per heavy atom. The van der Waals surface area contributed by atoms with Crippen LogP contribution in [0.5, 0.6) is 0 Å². The lowest BCUT2D eigenvalue weighted by molar-refractivity contribution is 0.119. The van der Waals surface area contributed by atoms with Crippen LogP contribution >= 0.6 is 11.8 Å². The first-order valence-corrected chi connectivity index (χ1v) is 10.2. The number of ether oxygens (including phenoxy) is 1. The second-order valence-electron chi connectivity index (χ2n) is 7.17. The molecule has 148 valence electrons. The topological polar surface area (TPSA) is 49.8 Å². The number of halogens is 1. The Balaban J connectivity index is 2.06. The molecule has 0 fully saturated rings. The minimum Gasteiger partial charge on any atom is -0.449 e. The molecule has 0 aromatic heterocycles. The maximum atomic E-state index is 13.3. The van der Waals surface area contributed by atoms with Gasteiger partial charge in [0.25, 0.3) is 0 Å². The third-order valence-electron chi connectivity index (χ3n) is 4.31. The van der Waals surface area contributed by atoms with Crippen LogP contribution in [0.2, 0.25) is 0 Å². The first-order chi connectivity index (χ1) is 12.8. The summed E-state index contributed by atoms with van der Waals surface area (Å²) in [6.07, 6.45) is 5.03. The van der Waals surface area contributed by atoms with Gasteiger partial charge in [-0.1, -0.05) is 39.0 Å². The van der Waals surface area contributed by atoms with Gasteiger partial charge in [0.15, 0.2) is 5.76 Å². The molecule has 6 heteroatoms. The average molecular weight is 394 g/mol. The molecule has 27 heavy (non-hydrogen) atoms. The number of thioether (sulfide) groups is 1. The summed E-state index contributed by atoms with van der Waals surface area (Å²) >= 11 is 1.63. The van der Waals surface area contributed by atoms with Gasteiger partial charge in [-0.2, -0.15) is 0 Å². The molecule has 1 aliphatic heterocycles. The molecule has 0 bridgehead atoms. The van der Waals surface area contributed by atoms with Crippen molar-refractivity contribution in [2.45, 2.75) is 45.3 Å². The van der Waals surface area contributed by atoms with Gasteiger partial charge >= 0.3 is 6.16 Å². The second kappa shape index (κ2) is 10.4. The number of aryl methyl sites for hydroxylation is 1. The number of hydrogen-bond acceptors (Lipinski definition) is 4. The maximum Gasteiger partial charge on any atom is 0.511 e. The van der Waals surface area contributed by atoms with Crippen LogP contribution in [0.3, 0.4) is 0 Å². The number of benzene rings is 1. The van der Waals surface area contributed by atoms with Crippen molar-refractivity contribution < 1.29 is 19.0 Å². The summed E-state index contributed by atoms with van der Waals surface area (Å²) in [6.45, 7) is 8.05. The van der Waals surface area contributed by atoms with Gasteiger partial charge in [0.05, 0.1) is 0 Å². The summed E-state index contributed by atoms with van der Waals surface area (Å²) in [5, 5.41) is 10.2. The normalized spacial score (nSPS) is 15.4. The van der Waals surface area contributed by atoms with Gasteiger partial charge in [0, 0.05) is 18.3 Å². The molecule has 1 atom stereocenters. The molecule has 0 radical (unpaired) electrons. The van der Waals surface area contributed by atoms with E-state index in [0.717, 1.165) is 42.9 Å². The summed E-state index contributed by atoms with van der Waals surface area (Å²) in [5.41, 5.74) is 0.971. The van der Waals surface area contributed by atoms with Gasteiger partial charge in [-0.05, 0) is 49.0 Å². The molecular weight excluding hydrogens is 365 g/mol. The molecule has 0 amide bonds. The standard InChI is InChI=1S/C21H28FNO3S/c1-15(2)11-13-23-12-5-8-19(26-21(24)25)20(23)27-16(3)9-10-17-6-4-7-18(22)14-17/h4-8,14-16H,9-13H2,1-3H3,(H,24,25). The molecule has 0 saturated heterocycles. The van der Waals surface area contributed by atoms with Crippen molar-refractivity contribution in [2.75, 3.05) is 13.1 Å². The SMILES string of the molecule is CC(C)CCN1CC=CC(OC(=O)O)=C1SC(C)CCc1cccc(F)c1. The van der Waals surface area contributed by atoms with E-state index in [1.54, 1.807) is 30.0 Å². The van der Waals surface area contributed by atoms with E-state index in [9.17, 15) is 9.18 Å². The van der Waals surface area contributed by atoms with Crippen LogP contribution in [0.1, 0.15) is 39.2 Å². The van der Waals surface area contributed by atoms with E-state index in [1.165, 1.54) is 6.07 Å². The highest BCUT2D eigenvalue weighted by molar-refractivity contribution is 8.03. The minimum absolute atomic E-state index is 0.218. The van der Waals surface area contributed by atoms with Gasteiger partial charge in [0.1, 0.15) is 10.8 Å². The second-order valence-corrected chi connectivity index (χ2v) is 8.59. The first-order valence-electron chi connectivity index (χ1n) is 9.32. The number of carboxylic acid groups (broad SMARTS) is 1. The predicted molar refractivity (Wildman–Crippen MR) is 108 cm³/mol. The van der Waals surface area contributed by atoms with Crippen molar-refractivity contribution in [1.82, 2.24) is 4.90 Å². The smallest absolute Gasteiger partial charge is 0.449 e. The molecule has 1 aromatic carbocycles. The Hall–Kier alpha value is -1.95. The molecule has 1 N–H and O–H groups in total. The van der Waals surface area contributed by atoms with E-state index >= 15 is 0 Å². The third-order valence-corrected chi connectivity index (χ3v) is 5.63. The zero-order valence-corrected chi connectivity index (χ0v) is 17.0. The van der Waals surface area contributed by atoms with E-state index in [0.29, 0.717) is 11.7 Å². The van der Waals surface area contributed by atoms with E-state index in [2.05, 4.69) is 25.7 Å². The highest BCUT2D eigenvalue weighted by Gasteiger charge is 2.22. The van der Waals surface area contributed by atoms with Crippen molar-refractivity contribution in [3.63, 3.8) is 0 Å². The molecule has 1 heterocycles. The van der Waals surface area contributed by atoms with Gasteiger partial charge in [-0.15, -0.1) is 11.8 Å². The van der Waals surface area contributed by atoms with Crippen LogP contribution in [0.15, 0.2) is 47.2 Å². The van der Waals surface area contributed by atoms with Crippen LogP contribution in [0, 0.1) is 11.7 Å². The molecular formula is C21H28FNO3S. The molecule has 1 aromatic rings. The number of allylic oxidation sites excluding steroid dienone is 1. The highest BCUT2D eigenvalue weighted by atomic mass is 32.2. The largest absolute Gasteiger partial charge is 0.511 e. The molecule has 1 unspecified atom stereocenters. The van der Waals surface area contributed by atoms with Crippen molar-refractivity contribution in [3.8, 4) is 0 Å². The molecule has 0 aliphatic carbocycles. The highest BCUT2D eigenvalue weighted by Crippen LogP contribution is 2.34. The lowest BCUT2D eigenvalue weighted by Crippen LogP contribution is -2.29. The Kier molecular flexibility index (Phi) is 8.23. The predicted octanol–water partition coefficient (Wildman–Crippen LogP) is 5.66. The fourth-order valence-corrected chi connectivity index (χ4v) is 3.98. The van der Waals surface area contributed by atoms with Crippen molar-refractivity contribution >= 4 is 17.9 Å². The Morgan fingerprint density at radius 1 is 1.33 bits per heavy atom. The van der Waals surface area contributed by atoms with Crippen molar-refractivity contribution in [3.05, 3.63) is 58.6 Å². The fourth-order valence-electron chi connectivity index (χ4n) is 2.82. The number of hydrogen-bond donors (Lipinski definition) is 1. The summed E-state index contributed by atoms with van der Waals surface area (Å²) in [4.78, 5) is 13.2. The Morgan fingerprint density at radius 2 is 2.11 bits per heavy atom. The number of rotatable bonds is 9. The first kappa shape index (κ1) is 21.4.